The number of phenolic OH excluding ortho intramolecular Hbond substituents is 2. The Balaban J connectivity index is 2.35. The van der Waals surface area contributed by atoms with E-state index in [0.29, 0.717) is 11.1 Å². The number of aromatic hydroxyl groups is 2. The molecule has 0 aliphatic carbocycles. The highest BCUT2D eigenvalue weighted by Crippen LogP contribution is 2.14. The summed E-state index contributed by atoms with van der Waals surface area (Å²) in [6, 6.07) is 6.31. The van der Waals surface area contributed by atoms with E-state index < -0.39 is 66.2 Å². The summed E-state index contributed by atoms with van der Waals surface area (Å²) in [5.41, 5.74) is 6.72. The highest BCUT2D eigenvalue weighted by atomic mass is 16.4. The van der Waals surface area contributed by atoms with Crippen LogP contribution in [-0.2, 0) is 36.8 Å². The Morgan fingerprint density at radius 3 is 1.48 bits per heavy atom. The third-order valence-corrected chi connectivity index (χ3v) is 5.98. The van der Waals surface area contributed by atoms with Gasteiger partial charge in [-0.15, -0.1) is 0 Å². The van der Waals surface area contributed by atoms with Gasteiger partial charge in [0.1, 0.15) is 29.6 Å². The second kappa shape index (κ2) is 14.5. The summed E-state index contributed by atoms with van der Waals surface area (Å²) in [6.07, 6.45) is -0.868. The third-order valence-electron chi connectivity index (χ3n) is 5.98. The number of rotatable bonds is 14. The van der Waals surface area contributed by atoms with Crippen LogP contribution in [0.15, 0.2) is 48.5 Å². The number of benzene rings is 2. The second-order valence-corrected chi connectivity index (χ2v) is 9.64. The van der Waals surface area contributed by atoms with E-state index in [1.54, 1.807) is 13.8 Å². The molecule has 0 aliphatic rings. The Kier molecular flexibility index (Phi) is 11.4. The molecule has 2 aromatic rings. The molecule has 0 saturated carbocycles. The molecule has 0 fully saturated rings. The van der Waals surface area contributed by atoms with Gasteiger partial charge in [-0.1, -0.05) is 38.1 Å². The van der Waals surface area contributed by atoms with Gasteiger partial charge in [0, 0.05) is 12.8 Å². The lowest BCUT2D eigenvalue weighted by Gasteiger charge is -2.26. The summed E-state index contributed by atoms with van der Waals surface area (Å²) in [5, 5.41) is 45.0. The highest BCUT2D eigenvalue weighted by molar-refractivity contribution is 5.95. The molecule has 0 radical (unpaired) electrons. The van der Waals surface area contributed by atoms with Crippen LogP contribution in [0.25, 0.3) is 0 Å². The van der Waals surface area contributed by atoms with Crippen LogP contribution in [0.2, 0.25) is 0 Å². The SMILES string of the molecule is CC(C)C(NC(=O)C(Cc1ccc(O)cc1)NC(=O)C(Cc1ccc(O)cc1)NC(=O)C(N)CC(=O)O)C(=O)O. The minimum atomic E-state index is -1.45. The Labute approximate surface area is 230 Å². The van der Waals surface area contributed by atoms with Crippen molar-refractivity contribution in [1.82, 2.24) is 16.0 Å². The number of carbonyl (C=O) groups excluding carboxylic acids is 3. The van der Waals surface area contributed by atoms with Crippen molar-refractivity contribution in [3.05, 3.63) is 59.7 Å². The lowest BCUT2D eigenvalue weighted by molar-refractivity contribution is -0.143. The summed E-state index contributed by atoms with van der Waals surface area (Å²) in [5.74, 6) is -5.61. The number of hydrogen-bond donors (Lipinski definition) is 8. The van der Waals surface area contributed by atoms with E-state index in [0.717, 1.165) is 0 Å². The van der Waals surface area contributed by atoms with Gasteiger partial charge in [-0.3, -0.25) is 19.2 Å². The fourth-order valence-electron chi connectivity index (χ4n) is 3.75. The smallest absolute Gasteiger partial charge is 0.326 e. The predicted octanol–water partition coefficient (Wildman–Crippen LogP) is -0.120. The molecule has 0 aromatic heterocycles. The lowest BCUT2D eigenvalue weighted by Crippen LogP contribution is -2.58. The molecule has 4 unspecified atom stereocenters. The average molecular weight is 559 g/mol. The van der Waals surface area contributed by atoms with E-state index in [2.05, 4.69) is 16.0 Å². The minimum absolute atomic E-state index is 0.0195. The van der Waals surface area contributed by atoms with Gasteiger partial charge in [0.25, 0.3) is 0 Å². The van der Waals surface area contributed by atoms with Crippen LogP contribution in [0.3, 0.4) is 0 Å². The van der Waals surface area contributed by atoms with Crippen LogP contribution in [0.5, 0.6) is 11.5 Å². The number of phenols is 2. The summed E-state index contributed by atoms with van der Waals surface area (Å²) >= 11 is 0. The summed E-state index contributed by atoms with van der Waals surface area (Å²) in [4.78, 5) is 61.9. The van der Waals surface area contributed by atoms with Crippen molar-refractivity contribution in [2.75, 3.05) is 0 Å². The molecular formula is C27H34N4O9. The minimum Gasteiger partial charge on any atom is -0.508 e. The van der Waals surface area contributed by atoms with E-state index in [4.69, 9.17) is 10.8 Å². The molecule has 0 saturated heterocycles. The van der Waals surface area contributed by atoms with Crippen molar-refractivity contribution >= 4 is 29.7 Å². The number of carboxylic acids is 2. The van der Waals surface area contributed by atoms with Crippen LogP contribution in [-0.4, -0.2) is 74.3 Å². The maximum Gasteiger partial charge on any atom is 0.326 e. The van der Waals surface area contributed by atoms with Crippen molar-refractivity contribution in [3.8, 4) is 11.5 Å². The predicted molar refractivity (Wildman–Crippen MR) is 142 cm³/mol. The molecule has 13 nitrogen and oxygen atoms in total. The first-order valence-corrected chi connectivity index (χ1v) is 12.4. The van der Waals surface area contributed by atoms with E-state index in [1.165, 1.54) is 48.5 Å². The molecule has 2 aromatic carbocycles. The van der Waals surface area contributed by atoms with Crippen LogP contribution in [0.4, 0.5) is 0 Å². The third kappa shape index (κ3) is 9.91. The van der Waals surface area contributed by atoms with Crippen molar-refractivity contribution in [2.45, 2.75) is 57.3 Å². The Morgan fingerprint density at radius 2 is 1.10 bits per heavy atom. The first kappa shape index (κ1) is 31.6. The summed E-state index contributed by atoms with van der Waals surface area (Å²) in [6.45, 7) is 3.21. The molecule has 2 rings (SSSR count). The molecule has 3 amide bonds. The lowest BCUT2D eigenvalue weighted by atomic mass is 10.00. The molecule has 0 aliphatic heterocycles. The van der Waals surface area contributed by atoms with Crippen molar-refractivity contribution in [2.24, 2.45) is 11.7 Å². The number of carboxylic acid groups (broad SMARTS) is 2. The Morgan fingerprint density at radius 1 is 0.700 bits per heavy atom. The van der Waals surface area contributed by atoms with Gasteiger partial charge in [0.05, 0.1) is 12.5 Å². The normalized spacial score (nSPS) is 13.9. The Bertz CT molecular complexity index is 1200. The van der Waals surface area contributed by atoms with Gasteiger partial charge in [0.15, 0.2) is 0 Å². The van der Waals surface area contributed by atoms with Gasteiger partial charge in [-0.05, 0) is 41.3 Å². The van der Waals surface area contributed by atoms with E-state index in [1.807, 2.05) is 0 Å². The molecule has 13 heteroatoms. The monoisotopic (exact) mass is 558 g/mol. The molecule has 0 spiro atoms. The first-order chi connectivity index (χ1) is 18.8. The standard InChI is InChI=1S/C27H34N4O9/c1-14(2)23(27(39)40)31-26(38)21(12-16-5-9-18(33)10-6-16)30-25(37)20(11-15-3-7-17(32)8-4-15)29-24(36)19(28)13-22(34)35/h3-10,14,19-21,23,32-33H,11-13,28H2,1-2H3,(H,29,36)(H,30,37)(H,31,38)(H,34,35)(H,39,40). The quantitative estimate of drug-likeness (QED) is 0.153. The maximum atomic E-state index is 13.4. The molecule has 0 heterocycles. The maximum absolute atomic E-state index is 13.4. The number of amides is 3. The first-order valence-electron chi connectivity index (χ1n) is 12.4. The van der Waals surface area contributed by atoms with Gasteiger partial charge in [-0.25, -0.2) is 4.79 Å². The second-order valence-electron chi connectivity index (χ2n) is 9.64. The molecule has 216 valence electrons. The van der Waals surface area contributed by atoms with Crippen molar-refractivity contribution < 1.29 is 44.4 Å². The molecular weight excluding hydrogens is 524 g/mol. The van der Waals surface area contributed by atoms with Gasteiger partial charge in [-0.2, -0.15) is 0 Å². The topological polar surface area (TPSA) is 228 Å². The van der Waals surface area contributed by atoms with Crippen molar-refractivity contribution in [1.29, 1.82) is 0 Å². The van der Waals surface area contributed by atoms with Gasteiger partial charge in [0.2, 0.25) is 17.7 Å². The molecule has 4 atom stereocenters. The van der Waals surface area contributed by atoms with Gasteiger partial charge < -0.3 is 42.1 Å². The zero-order valence-electron chi connectivity index (χ0n) is 22.0. The Hall–Kier alpha value is -4.65. The zero-order chi connectivity index (χ0) is 30.0. The van der Waals surface area contributed by atoms with Crippen LogP contribution in [0.1, 0.15) is 31.4 Å². The number of carbonyl (C=O) groups is 5. The number of aliphatic carboxylic acids is 2. The van der Waals surface area contributed by atoms with Crippen LogP contribution >= 0.6 is 0 Å². The fourth-order valence-corrected chi connectivity index (χ4v) is 3.75. The average Bonchev–Trinajstić information content (AvgIpc) is 2.87. The molecule has 40 heavy (non-hydrogen) atoms. The van der Waals surface area contributed by atoms with E-state index >= 15 is 0 Å². The summed E-state index contributed by atoms with van der Waals surface area (Å²) < 4.78 is 0. The fraction of sp³-hybridized carbons (Fsp3) is 0.370. The van der Waals surface area contributed by atoms with Crippen LogP contribution in [0, 0.1) is 5.92 Å². The van der Waals surface area contributed by atoms with Crippen molar-refractivity contribution in [3.63, 3.8) is 0 Å². The zero-order valence-corrected chi connectivity index (χ0v) is 22.0. The molecule has 0 bridgehead atoms. The number of nitrogens with two attached hydrogens (primary N) is 1. The van der Waals surface area contributed by atoms with E-state index in [-0.39, 0.29) is 24.3 Å². The van der Waals surface area contributed by atoms with Gasteiger partial charge >= 0.3 is 11.9 Å². The van der Waals surface area contributed by atoms with E-state index in [9.17, 15) is 39.3 Å². The number of hydrogen-bond acceptors (Lipinski definition) is 8. The van der Waals surface area contributed by atoms with Crippen LogP contribution < -0.4 is 21.7 Å². The summed E-state index contributed by atoms with van der Waals surface area (Å²) in [7, 11) is 0. The highest BCUT2D eigenvalue weighted by Gasteiger charge is 2.32. The largest absolute Gasteiger partial charge is 0.508 e. The molecule has 9 N–H and O–H groups in total. The number of nitrogens with one attached hydrogen (secondary N) is 3.